The third-order valence-electron chi connectivity index (χ3n) is 6.12. The number of carbonyl (C=O) groups excluding carboxylic acids is 1. The molecule has 4 rings (SSSR count). The van der Waals surface area contributed by atoms with Gasteiger partial charge in [-0.25, -0.2) is 0 Å². The summed E-state index contributed by atoms with van der Waals surface area (Å²) in [5.41, 5.74) is 9.44. The number of primary amides is 1. The van der Waals surface area contributed by atoms with Gasteiger partial charge >= 0.3 is 0 Å². The molecular formula is C20H21N5O. The quantitative estimate of drug-likeness (QED) is 0.885. The highest BCUT2D eigenvalue weighted by atomic mass is 16.1. The van der Waals surface area contributed by atoms with Crippen molar-refractivity contribution >= 4 is 16.8 Å². The summed E-state index contributed by atoms with van der Waals surface area (Å²) < 4.78 is 0. The molecule has 1 amide bonds. The molecule has 1 aliphatic carbocycles. The largest absolute Gasteiger partial charge is 0.369 e. The molecule has 0 bridgehead atoms. The highest BCUT2D eigenvalue weighted by molar-refractivity contribution is 5.90. The molecule has 26 heavy (non-hydrogen) atoms. The van der Waals surface area contributed by atoms with Crippen molar-refractivity contribution in [3.63, 3.8) is 0 Å². The van der Waals surface area contributed by atoms with Gasteiger partial charge in [0.2, 0.25) is 5.91 Å². The Kier molecular flexibility index (Phi) is 3.94. The lowest BCUT2D eigenvalue weighted by atomic mass is 9.70. The van der Waals surface area contributed by atoms with Gasteiger partial charge in [0.25, 0.3) is 0 Å². The molecule has 2 aliphatic rings. The van der Waals surface area contributed by atoms with Crippen LogP contribution in [0.5, 0.6) is 0 Å². The van der Waals surface area contributed by atoms with E-state index in [0.29, 0.717) is 24.1 Å². The molecule has 1 aromatic heterocycles. The standard InChI is InChI=1S/C20H21N5O/c1-25-10-11(5-12(8-21)20(23)26)6-14-13-3-2-4-16-19(13)15(7-18(14)25)17(9-22)24-16/h2-4,11-12,14,18,24H,5-7,10H2,1H3,(H2,23,26)/t11-,12?,14?,18-/m1/s1. The van der Waals surface area contributed by atoms with Gasteiger partial charge < -0.3 is 15.6 Å². The number of nitriles is 2. The molecule has 0 radical (unpaired) electrons. The molecule has 2 aromatic rings. The van der Waals surface area contributed by atoms with E-state index in [1.54, 1.807) is 0 Å². The second-order valence-electron chi connectivity index (χ2n) is 7.60. The van der Waals surface area contributed by atoms with E-state index in [2.05, 4.69) is 29.1 Å². The molecule has 132 valence electrons. The molecule has 3 N–H and O–H groups in total. The summed E-state index contributed by atoms with van der Waals surface area (Å²) in [7, 11) is 2.10. The van der Waals surface area contributed by atoms with Crippen molar-refractivity contribution in [2.75, 3.05) is 13.6 Å². The minimum absolute atomic E-state index is 0.254. The summed E-state index contributed by atoms with van der Waals surface area (Å²) in [5, 5.41) is 19.9. The van der Waals surface area contributed by atoms with Gasteiger partial charge in [0, 0.05) is 29.4 Å². The number of rotatable bonds is 3. The van der Waals surface area contributed by atoms with Crippen LogP contribution in [0.15, 0.2) is 18.2 Å². The second-order valence-corrected chi connectivity index (χ2v) is 7.60. The lowest BCUT2D eigenvalue weighted by molar-refractivity contribution is -0.120. The van der Waals surface area contributed by atoms with Crippen LogP contribution in [-0.4, -0.2) is 35.4 Å². The second kappa shape index (κ2) is 6.16. The summed E-state index contributed by atoms with van der Waals surface area (Å²) in [6.07, 6.45) is 2.30. The van der Waals surface area contributed by atoms with Crippen LogP contribution in [-0.2, 0) is 11.2 Å². The van der Waals surface area contributed by atoms with E-state index in [4.69, 9.17) is 5.73 Å². The van der Waals surface area contributed by atoms with E-state index in [-0.39, 0.29) is 5.92 Å². The number of aromatic nitrogens is 1. The summed E-state index contributed by atoms with van der Waals surface area (Å²) in [5.74, 6) is -0.666. The van der Waals surface area contributed by atoms with Crippen LogP contribution < -0.4 is 5.73 Å². The number of nitrogens with one attached hydrogen (secondary N) is 1. The Balaban J connectivity index is 1.72. The van der Waals surface area contributed by atoms with Crippen LogP contribution in [0.3, 0.4) is 0 Å². The van der Waals surface area contributed by atoms with Crippen LogP contribution in [0.1, 0.15) is 35.6 Å². The van der Waals surface area contributed by atoms with Crippen molar-refractivity contribution in [1.82, 2.24) is 9.88 Å². The number of piperidine rings is 1. The van der Waals surface area contributed by atoms with E-state index in [0.717, 1.165) is 30.5 Å². The number of nitrogens with two attached hydrogens (primary N) is 1. The minimum atomic E-state index is -0.725. The average molecular weight is 347 g/mol. The van der Waals surface area contributed by atoms with Crippen LogP contribution in [0.4, 0.5) is 0 Å². The van der Waals surface area contributed by atoms with Gasteiger partial charge in [-0.05, 0) is 49.4 Å². The fourth-order valence-electron chi connectivity index (χ4n) is 4.97. The Bertz CT molecular complexity index is 963. The molecule has 1 fully saturated rings. The van der Waals surface area contributed by atoms with Crippen LogP contribution in [0, 0.1) is 34.5 Å². The number of amides is 1. The molecule has 2 heterocycles. The SMILES string of the molecule is CN1C[C@H](CC(C#N)C(N)=O)CC2c3cccc4[nH]c(C#N)c(c34)C[C@H]21. The van der Waals surface area contributed by atoms with Crippen LogP contribution in [0.25, 0.3) is 10.9 Å². The lowest BCUT2D eigenvalue weighted by Gasteiger charge is -2.46. The first-order chi connectivity index (χ1) is 12.5. The molecule has 0 spiro atoms. The molecule has 1 aliphatic heterocycles. The number of benzene rings is 1. The first-order valence-electron chi connectivity index (χ1n) is 8.96. The van der Waals surface area contributed by atoms with Crippen LogP contribution >= 0.6 is 0 Å². The van der Waals surface area contributed by atoms with E-state index in [9.17, 15) is 15.3 Å². The molecule has 6 nitrogen and oxygen atoms in total. The van der Waals surface area contributed by atoms with Crippen molar-refractivity contribution in [3.05, 3.63) is 35.0 Å². The number of aromatic amines is 1. The number of carbonyl (C=O) groups is 1. The molecule has 1 saturated heterocycles. The number of H-pyrrole nitrogens is 1. The smallest absolute Gasteiger partial charge is 0.234 e. The van der Waals surface area contributed by atoms with E-state index in [1.807, 2.05) is 18.2 Å². The van der Waals surface area contributed by atoms with Crippen molar-refractivity contribution < 1.29 is 4.79 Å². The Labute approximate surface area is 152 Å². The third kappa shape index (κ3) is 2.46. The average Bonchev–Trinajstić information content (AvgIpc) is 2.99. The number of hydrogen-bond donors (Lipinski definition) is 2. The molecule has 4 atom stereocenters. The zero-order valence-corrected chi connectivity index (χ0v) is 14.7. The Morgan fingerprint density at radius 1 is 1.46 bits per heavy atom. The summed E-state index contributed by atoms with van der Waals surface area (Å²) in [6, 6.07) is 10.9. The van der Waals surface area contributed by atoms with Crippen molar-refractivity contribution in [3.8, 4) is 12.1 Å². The van der Waals surface area contributed by atoms with Gasteiger partial charge in [-0.3, -0.25) is 4.79 Å². The number of hydrogen-bond acceptors (Lipinski definition) is 4. The highest BCUT2D eigenvalue weighted by Gasteiger charge is 2.41. The maximum Gasteiger partial charge on any atom is 0.234 e. The predicted molar refractivity (Wildman–Crippen MR) is 96.9 cm³/mol. The first kappa shape index (κ1) is 16.6. The van der Waals surface area contributed by atoms with Gasteiger partial charge in [0.05, 0.1) is 6.07 Å². The molecular weight excluding hydrogens is 326 g/mol. The van der Waals surface area contributed by atoms with Gasteiger partial charge in [0.1, 0.15) is 17.7 Å². The van der Waals surface area contributed by atoms with Crippen molar-refractivity contribution in [2.24, 2.45) is 17.6 Å². The van der Waals surface area contributed by atoms with E-state index >= 15 is 0 Å². The number of fused-ring (bicyclic) bond motifs is 2. The Hall–Kier alpha value is -2.83. The van der Waals surface area contributed by atoms with E-state index in [1.165, 1.54) is 10.9 Å². The fourth-order valence-corrected chi connectivity index (χ4v) is 4.97. The highest BCUT2D eigenvalue weighted by Crippen LogP contribution is 2.46. The summed E-state index contributed by atoms with van der Waals surface area (Å²) >= 11 is 0. The van der Waals surface area contributed by atoms with Gasteiger partial charge in [-0.15, -0.1) is 0 Å². The van der Waals surface area contributed by atoms with Crippen molar-refractivity contribution in [2.45, 2.75) is 31.2 Å². The Morgan fingerprint density at radius 3 is 2.96 bits per heavy atom. The maximum absolute atomic E-state index is 11.5. The first-order valence-corrected chi connectivity index (χ1v) is 8.96. The fraction of sp³-hybridized carbons (Fsp3) is 0.450. The summed E-state index contributed by atoms with van der Waals surface area (Å²) in [6.45, 7) is 0.838. The van der Waals surface area contributed by atoms with Crippen LogP contribution in [0.2, 0.25) is 0 Å². The maximum atomic E-state index is 11.5. The minimum Gasteiger partial charge on any atom is -0.369 e. The number of likely N-dealkylation sites (N-methyl/N-ethyl adjacent to an activating group) is 1. The topological polar surface area (TPSA) is 110 Å². The van der Waals surface area contributed by atoms with Gasteiger partial charge in [-0.1, -0.05) is 12.1 Å². The zero-order valence-electron chi connectivity index (χ0n) is 14.7. The van der Waals surface area contributed by atoms with Crippen molar-refractivity contribution in [1.29, 1.82) is 10.5 Å². The third-order valence-corrected chi connectivity index (χ3v) is 6.12. The Morgan fingerprint density at radius 2 is 2.27 bits per heavy atom. The molecule has 0 saturated carbocycles. The monoisotopic (exact) mass is 347 g/mol. The lowest BCUT2D eigenvalue weighted by Crippen LogP contribution is -2.48. The number of likely N-dealkylation sites (tertiary alicyclic amines) is 1. The normalized spacial score (nSPS) is 25.9. The summed E-state index contributed by atoms with van der Waals surface area (Å²) in [4.78, 5) is 17.1. The molecule has 2 unspecified atom stereocenters. The van der Waals surface area contributed by atoms with Gasteiger partial charge in [-0.2, -0.15) is 10.5 Å². The molecule has 6 heteroatoms. The van der Waals surface area contributed by atoms with E-state index < -0.39 is 11.8 Å². The molecule has 1 aromatic carbocycles. The zero-order chi connectivity index (χ0) is 18.4. The predicted octanol–water partition coefficient (Wildman–Crippen LogP) is 2.01. The van der Waals surface area contributed by atoms with Gasteiger partial charge in [0.15, 0.2) is 0 Å². The number of nitrogens with zero attached hydrogens (tertiary/aromatic N) is 3.